The summed E-state index contributed by atoms with van der Waals surface area (Å²) in [6, 6.07) is 1.74. The fourth-order valence-corrected chi connectivity index (χ4v) is 2.04. The Balaban J connectivity index is 2.39. The first-order valence-corrected chi connectivity index (χ1v) is 5.68. The molecule has 2 heterocycles. The van der Waals surface area contributed by atoms with Gasteiger partial charge in [-0.05, 0) is 25.8 Å². The van der Waals surface area contributed by atoms with Crippen LogP contribution in [0.5, 0.6) is 5.88 Å². The molecule has 1 aliphatic rings. The Morgan fingerprint density at radius 1 is 1.50 bits per heavy atom. The second kappa shape index (κ2) is 4.96. The van der Waals surface area contributed by atoms with Crippen LogP contribution >= 0.6 is 0 Å². The van der Waals surface area contributed by atoms with Crippen molar-refractivity contribution < 1.29 is 9.53 Å². The van der Waals surface area contributed by atoms with E-state index in [1.54, 1.807) is 12.3 Å². The minimum Gasteiger partial charge on any atom is -0.476 e. The molecule has 0 spiro atoms. The normalized spacial score (nSPS) is 15.2. The molecule has 0 radical (unpaired) electrons. The highest BCUT2D eigenvalue weighted by molar-refractivity contribution is 5.86. The molecule has 0 aromatic carbocycles. The summed E-state index contributed by atoms with van der Waals surface area (Å²) in [6.45, 7) is 4.44. The summed E-state index contributed by atoms with van der Waals surface area (Å²) in [6.07, 6.45) is 4.82. The summed E-state index contributed by atoms with van der Waals surface area (Å²) >= 11 is 0. The van der Waals surface area contributed by atoms with Gasteiger partial charge in [0.1, 0.15) is 5.69 Å². The van der Waals surface area contributed by atoms with Gasteiger partial charge in [-0.2, -0.15) is 0 Å². The fraction of sp³-hybridized carbons (Fsp3) is 0.500. The zero-order chi connectivity index (χ0) is 11.4. The summed E-state index contributed by atoms with van der Waals surface area (Å²) in [5.41, 5.74) is 1.53. The van der Waals surface area contributed by atoms with Gasteiger partial charge in [-0.3, -0.25) is 4.79 Å². The zero-order valence-electron chi connectivity index (χ0n) is 9.48. The van der Waals surface area contributed by atoms with Crippen LogP contribution in [0, 0.1) is 0 Å². The quantitative estimate of drug-likeness (QED) is 0.727. The second-order valence-electron chi connectivity index (χ2n) is 3.80. The monoisotopic (exact) mass is 220 g/mol. The number of carbonyl (C=O) groups excluding carboxylic acids is 1. The van der Waals surface area contributed by atoms with Crippen LogP contribution in [0.4, 0.5) is 5.69 Å². The van der Waals surface area contributed by atoms with Crippen molar-refractivity contribution in [3.05, 3.63) is 17.8 Å². The summed E-state index contributed by atoms with van der Waals surface area (Å²) < 4.78 is 5.48. The van der Waals surface area contributed by atoms with Gasteiger partial charge < -0.3 is 9.64 Å². The number of rotatable bonds is 4. The summed E-state index contributed by atoms with van der Waals surface area (Å²) in [5, 5.41) is 0. The Morgan fingerprint density at radius 2 is 2.25 bits per heavy atom. The number of aromatic nitrogens is 1. The minimum absolute atomic E-state index is 0.566. The van der Waals surface area contributed by atoms with Gasteiger partial charge >= 0.3 is 0 Å². The van der Waals surface area contributed by atoms with Gasteiger partial charge in [0.15, 0.2) is 6.29 Å². The largest absolute Gasteiger partial charge is 0.476 e. The second-order valence-corrected chi connectivity index (χ2v) is 3.80. The fourth-order valence-electron chi connectivity index (χ4n) is 2.04. The van der Waals surface area contributed by atoms with Crippen LogP contribution in [0.2, 0.25) is 0 Å². The van der Waals surface area contributed by atoms with Gasteiger partial charge in [-0.15, -0.1) is 0 Å². The van der Waals surface area contributed by atoms with E-state index in [0.717, 1.165) is 25.1 Å². The van der Waals surface area contributed by atoms with Crippen molar-refractivity contribution in [3.8, 4) is 5.88 Å². The van der Waals surface area contributed by atoms with Crippen LogP contribution in [0.15, 0.2) is 12.3 Å². The highest BCUT2D eigenvalue weighted by atomic mass is 16.5. The van der Waals surface area contributed by atoms with Crippen molar-refractivity contribution >= 4 is 12.0 Å². The topological polar surface area (TPSA) is 42.4 Å². The maximum Gasteiger partial charge on any atom is 0.238 e. The van der Waals surface area contributed by atoms with E-state index < -0.39 is 0 Å². The average Bonchev–Trinajstić information content (AvgIpc) is 2.82. The van der Waals surface area contributed by atoms with E-state index in [2.05, 4.69) is 9.88 Å². The predicted molar refractivity (Wildman–Crippen MR) is 62.2 cm³/mol. The van der Waals surface area contributed by atoms with Gasteiger partial charge in [0.2, 0.25) is 5.88 Å². The summed E-state index contributed by atoms with van der Waals surface area (Å²) in [5.74, 6) is 0.578. The molecule has 1 aromatic rings. The SMILES string of the molecule is CCOc1nccc(C=O)c1N1CCCC1. The molecule has 1 fully saturated rings. The van der Waals surface area contributed by atoms with E-state index >= 15 is 0 Å². The smallest absolute Gasteiger partial charge is 0.238 e. The molecule has 1 aliphatic heterocycles. The number of aldehydes is 1. The van der Waals surface area contributed by atoms with E-state index in [1.807, 2.05) is 6.92 Å². The molecule has 0 saturated carbocycles. The molecule has 0 amide bonds. The molecule has 0 unspecified atom stereocenters. The Hall–Kier alpha value is -1.58. The van der Waals surface area contributed by atoms with E-state index in [-0.39, 0.29) is 0 Å². The van der Waals surface area contributed by atoms with Crippen LogP contribution in [0.25, 0.3) is 0 Å². The molecule has 0 aliphatic carbocycles. The lowest BCUT2D eigenvalue weighted by Crippen LogP contribution is -2.20. The lowest BCUT2D eigenvalue weighted by Gasteiger charge is -2.21. The van der Waals surface area contributed by atoms with Crippen molar-refractivity contribution in [2.45, 2.75) is 19.8 Å². The van der Waals surface area contributed by atoms with Crippen molar-refractivity contribution in [3.63, 3.8) is 0 Å². The van der Waals surface area contributed by atoms with Gasteiger partial charge in [0.25, 0.3) is 0 Å². The zero-order valence-corrected chi connectivity index (χ0v) is 9.48. The summed E-state index contributed by atoms with van der Waals surface area (Å²) in [4.78, 5) is 17.4. The number of hydrogen-bond donors (Lipinski definition) is 0. The number of carbonyl (C=O) groups is 1. The Bertz CT molecular complexity index is 373. The van der Waals surface area contributed by atoms with Crippen LogP contribution in [0.3, 0.4) is 0 Å². The van der Waals surface area contributed by atoms with Gasteiger partial charge in [-0.1, -0.05) is 0 Å². The third kappa shape index (κ3) is 2.01. The maximum atomic E-state index is 11.0. The Morgan fingerprint density at radius 3 is 2.88 bits per heavy atom. The molecule has 0 N–H and O–H groups in total. The molecule has 4 nitrogen and oxygen atoms in total. The van der Waals surface area contributed by atoms with Crippen molar-refractivity contribution in [2.75, 3.05) is 24.6 Å². The third-order valence-corrected chi connectivity index (χ3v) is 2.75. The maximum absolute atomic E-state index is 11.0. The Kier molecular flexibility index (Phi) is 3.39. The molecular weight excluding hydrogens is 204 g/mol. The molecule has 86 valence electrons. The van der Waals surface area contributed by atoms with Gasteiger partial charge in [-0.25, -0.2) is 4.98 Å². The first-order chi connectivity index (χ1) is 7.86. The first kappa shape index (κ1) is 10.9. The van der Waals surface area contributed by atoms with Crippen LogP contribution < -0.4 is 9.64 Å². The number of nitrogens with zero attached hydrogens (tertiary/aromatic N) is 2. The van der Waals surface area contributed by atoms with Gasteiger partial charge in [0, 0.05) is 24.8 Å². The molecule has 2 rings (SSSR count). The molecule has 16 heavy (non-hydrogen) atoms. The van der Waals surface area contributed by atoms with Crippen LogP contribution in [-0.4, -0.2) is 31.0 Å². The van der Waals surface area contributed by atoms with E-state index in [9.17, 15) is 4.79 Å². The first-order valence-electron chi connectivity index (χ1n) is 5.68. The molecule has 0 atom stereocenters. The number of anilines is 1. The highest BCUT2D eigenvalue weighted by Gasteiger charge is 2.20. The van der Waals surface area contributed by atoms with E-state index in [1.165, 1.54) is 12.8 Å². The standard InChI is InChI=1S/C12H16N2O2/c1-2-16-12-11(14-7-3-4-8-14)10(9-15)5-6-13-12/h5-6,9H,2-4,7-8H2,1H3. The van der Waals surface area contributed by atoms with Gasteiger partial charge in [0.05, 0.1) is 6.61 Å². The lowest BCUT2D eigenvalue weighted by atomic mass is 10.2. The molecule has 1 aromatic heterocycles. The number of hydrogen-bond acceptors (Lipinski definition) is 4. The molecule has 1 saturated heterocycles. The van der Waals surface area contributed by atoms with Crippen LogP contribution in [-0.2, 0) is 0 Å². The van der Waals surface area contributed by atoms with Crippen molar-refractivity contribution in [1.29, 1.82) is 0 Å². The predicted octanol–water partition coefficient (Wildman–Crippen LogP) is 1.89. The van der Waals surface area contributed by atoms with Crippen LogP contribution in [0.1, 0.15) is 30.1 Å². The average molecular weight is 220 g/mol. The highest BCUT2D eigenvalue weighted by Crippen LogP contribution is 2.31. The molecule has 0 bridgehead atoms. The third-order valence-electron chi connectivity index (χ3n) is 2.75. The Labute approximate surface area is 95.2 Å². The molecular formula is C12H16N2O2. The number of pyridine rings is 1. The van der Waals surface area contributed by atoms with Crippen molar-refractivity contribution in [1.82, 2.24) is 4.98 Å². The summed E-state index contributed by atoms with van der Waals surface area (Å²) in [7, 11) is 0. The minimum atomic E-state index is 0.566. The van der Waals surface area contributed by atoms with E-state index in [0.29, 0.717) is 18.1 Å². The van der Waals surface area contributed by atoms with Crippen molar-refractivity contribution in [2.24, 2.45) is 0 Å². The molecule has 4 heteroatoms. The lowest BCUT2D eigenvalue weighted by molar-refractivity contribution is 0.112. The number of ether oxygens (including phenoxy) is 1. The van der Waals surface area contributed by atoms with E-state index in [4.69, 9.17) is 4.74 Å².